The highest BCUT2D eigenvalue weighted by molar-refractivity contribution is 5.87. The van der Waals surface area contributed by atoms with Crippen LogP contribution in [0.5, 0.6) is 11.5 Å². The molecule has 146 valence electrons. The summed E-state index contributed by atoms with van der Waals surface area (Å²) in [7, 11) is 3.35. The molecule has 1 unspecified atom stereocenters. The van der Waals surface area contributed by atoms with Crippen LogP contribution in [0.2, 0.25) is 0 Å². The Kier molecular flexibility index (Phi) is 5.24. The van der Waals surface area contributed by atoms with Crippen molar-refractivity contribution in [3.05, 3.63) is 59.8 Å². The summed E-state index contributed by atoms with van der Waals surface area (Å²) >= 11 is 0. The Morgan fingerprint density at radius 3 is 2.61 bits per heavy atom. The quantitative estimate of drug-likeness (QED) is 0.695. The topological polar surface area (TPSA) is 54.6 Å². The van der Waals surface area contributed by atoms with E-state index in [4.69, 9.17) is 9.47 Å². The van der Waals surface area contributed by atoms with Gasteiger partial charge in [0.15, 0.2) is 0 Å². The molecule has 2 aromatic carbocycles. The Morgan fingerprint density at radius 2 is 1.86 bits per heavy atom. The van der Waals surface area contributed by atoms with Gasteiger partial charge >= 0.3 is 0 Å². The molecule has 4 rings (SSSR count). The van der Waals surface area contributed by atoms with Crippen LogP contribution in [0.3, 0.4) is 0 Å². The Balaban J connectivity index is 1.79. The van der Waals surface area contributed by atoms with E-state index in [0.29, 0.717) is 6.42 Å². The van der Waals surface area contributed by atoms with Gasteiger partial charge < -0.3 is 19.4 Å². The number of nitrogens with zero attached hydrogens (tertiary/aromatic N) is 1. The number of aromatic amines is 1. The number of rotatable bonds is 6. The number of carbonyl (C=O) groups excluding carboxylic acids is 1. The van der Waals surface area contributed by atoms with Crippen LogP contribution in [0.15, 0.2) is 48.7 Å². The van der Waals surface area contributed by atoms with E-state index < -0.39 is 0 Å². The lowest BCUT2D eigenvalue weighted by Crippen LogP contribution is -2.29. The molecule has 0 aliphatic carbocycles. The zero-order valence-corrected chi connectivity index (χ0v) is 16.4. The molecule has 28 heavy (non-hydrogen) atoms. The second kappa shape index (κ2) is 7.97. The molecule has 3 aromatic rings. The van der Waals surface area contributed by atoms with Gasteiger partial charge in [-0.2, -0.15) is 0 Å². The van der Waals surface area contributed by atoms with E-state index in [9.17, 15) is 4.79 Å². The van der Waals surface area contributed by atoms with Gasteiger partial charge in [-0.15, -0.1) is 0 Å². The van der Waals surface area contributed by atoms with Crippen LogP contribution in [0, 0.1) is 0 Å². The summed E-state index contributed by atoms with van der Waals surface area (Å²) in [6.45, 7) is 1.72. The molecule has 1 aliphatic rings. The molecule has 1 atom stereocenters. The summed E-state index contributed by atoms with van der Waals surface area (Å²) in [5.74, 6) is 1.72. The standard InChI is InChI=1S/C23H26N2O3/c1-27-16-9-10-21-19(13-16)20(15-24-21)18(14-23(26)25-11-5-6-12-25)17-7-3-4-8-22(17)28-2/h3-4,7-10,13,15,18,24H,5-6,11-12,14H2,1-2H3. The number of likely N-dealkylation sites (tertiary alicyclic amines) is 1. The first-order valence-corrected chi connectivity index (χ1v) is 9.77. The van der Waals surface area contributed by atoms with Crippen LogP contribution < -0.4 is 9.47 Å². The number of aromatic nitrogens is 1. The summed E-state index contributed by atoms with van der Waals surface area (Å²) < 4.78 is 11.1. The van der Waals surface area contributed by atoms with Gasteiger partial charge in [0.05, 0.1) is 14.2 Å². The molecule has 1 aliphatic heterocycles. The Hall–Kier alpha value is -2.95. The van der Waals surface area contributed by atoms with Gasteiger partial charge in [0.1, 0.15) is 11.5 Å². The number of para-hydroxylation sites is 1. The first-order chi connectivity index (χ1) is 13.7. The lowest BCUT2D eigenvalue weighted by molar-refractivity contribution is -0.130. The molecule has 0 spiro atoms. The average molecular weight is 378 g/mol. The van der Waals surface area contributed by atoms with Gasteiger partial charge in [0, 0.05) is 48.1 Å². The molecule has 1 N–H and O–H groups in total. The Bertz CT molecular complexity index is 973. The van der Waals surface area contributed by atoms with Crippen molar-refractivity contribution in [3.8, 4) is 11.5 Å². The summed E-state index contributed by atoms with van der Waals surface area (Å²) in [6, 6.07) is 14.0. The zero-order chi connectivity index (χ0) is 19.5. The van der Waals surface area contributed by atoms with Crippen LogP contribution in [0.4, 0.5) is 0 Å². The minimum atomic E-state index is -0.0925. The van der Waals surface area contributed by atoms with Crippen molar-refractivity contribution in [1.82, 2.24) is 9.88 Å². The first-order valence-electron chi connectivity index (χ1n) is 9.77. The van der Waals surface area contributed by atoms with Crippen LogP contribution in [-0.4, -0.2) is 43.1 Å². The van der Waals surface area contributed by atoms with Crippen molar-refractivity contribution < 1.29 is 14.3 Å². The predicted molar refractivity (Wildman–Crippen MR) is 110 cm³/mol. The molecule has 0 saturated carbocycles. The number of benzene rings is 2. The SMILES string of the molecule is COc1ccc2[nH]cc(C(CC(=O)N3CCCC3)c3ccccc3OC)c2c1. The maximum atomic E-state index is 13.0. The fourth-order valence-corrected chi connectivity index (χ4v) is 4.15. The number of fused-ring (bicyclic) bond motifs is 1. The maximum Gasteiger partial charge on any atom is 0.223 e. The van der Waals surface area contributed by atoms with Crippen molar-refractivity contribution in [2.75, 3.05) is 27.3 Å². The number of amides is 1. The molecule has 1 aromatic heterocycles. The van der Waals surface area contributed by atoms with Gasteiger partial charge in [-0.1, -0.05) is 18.2 Å². The van der Waals surface area contributed by atoms with E-state index in [2.05, 4.69) is 11.1 Å². The minimum Gasteiger partial charge on any atom is -0.497 e. The highest BCUT2D eigenvalue weighted by atomic mass is 16.5. The fourth-order valence-electron chi connectivity index (χ4n) is 4.15. The van der Waals surface area contributed by atoms with Gasteiger partial charge in [0.2, 0.25) is 5.91 Å². The van der Waals surface area contributed by atoms with Crippen molar-refractivity contribution in [3.63, 3.8) is 0 Å². The van der Waals surface area contributed by atoms with Crippen molar-refractivity contribution in [1.29, 1.82) is 0 Å². The number of ether oxygens (including phenoxy) is 2. The lowest BCUT2D eigenvalue weighted by atomic mass is 9.87. The molecular weight excluding hydrogens is 352 g/mol. The third-order valence-corrected chi connectivity index (χ3v) is 5.65. The number of hydrogen-bond donors (Lipinski definition) is 1. The van der Waals surface area contributed by atoms with Crippen molar-refractivity contribution in [2.24, 2.45) is 0 Å². The van der Waals surface area contributed by atoms with E-state index in [1.165, 1.54) is 0 Å². The van der Waals surface area contributed by atoms with Gasteiger partial charge in [-0.05, 0) is 42.7 Å². The van der Waals surface area contributed by atoms with E-state index in [1.807, 2.05) is 47.5 Å². The van der Waals surface area contributed by atoms with Crippen LogP contribution >= 0.6 is 0 Å². The summed E-state index contributed by atoms with van der Waals surface area (Å²) in [5.41, 5.74) is 3.15. The highest BCUT2D eigenvalue weighted by Gasteiger charge is 2.27. The second-order valence-electron chi connectivity index (χ2n) is 7.24. The Labute approximate surface area is 165 Å². The fraction of sp³-hybridized carbons (Fsp3) is 0.348. The zero-order valence-electron chi connectivity index (χ0n) is 16.4. The largest absolute Gasteiger partial charge is 0.497 e. The molecule has 0 bridgehead atoms. The smallest absolute Gasteiger partial charge is 0.223 e. The van der Waals surface area contributed by atoms with E-state index >= 15 is 0 Å². The molecule has 0 radical (unpaired) electrons. The molecule has 1 fully saturated rings. The maximum absolute atomic E-state index is 13.0. The molecule has 1 amide bonds. The second-order valence-corrected chi connectivity index (χ2v) is 7.24. The van der Waals surface area contributed by atoms with Gasteiger partial charge in [0.25, 0.3) is 0 Å². The molecule has 5 nitrogen and oxygen atoms in total. The molecule has 1 saturated heterocycles. The van der Waals surface area contributed by atoms with E-state index in [-0.39, 0.29) is 11.8 Å². The summed E-state index contributed by atoms with van der Waals surface area (Å²) in [6.07, 6.45) is 4.62. The van der Waals surface area contributed by atoms with Gasteiger partial charge in [-0.25, -0.2) is 0 Å². The predicted octanol–water partition coefficient (Wildman–Crippen LogP) is 4.33. The van der Waals surface area contributed by atoms with E-state index in [0.717, 1.165) is 59.5 Å². The van der Waals surface area contributed by atoms with Crippen molar-refractivity contribution >= 4 is 16.8 Å². The Morgan fingerprint density at radius 1 is 1.07 bits per heavy atom. The van der Waals surface area contributed by atoms with Crippen LogP contribution in [-0.2, 0) is 4.79 Å². The monoisotopic (exact) mass is 378 g/mol. The number of methoxy groups -OCH3 is 2. The lowest BCUT2D eigenvalue weighted by Gasteiger charge is -2.23. The number of hydrogen-bond acceptors (Lipinski definition) is 3. The van der Waals surface area contributed by atoms with Crippen LogP contribution in [0.1, 0.15) is 36.3 Å². The third-order valence-electron chi connectivity index (χ3n) is 5.65. The number of H-pyrrole nitrogens is 1. The van der Waals surface area contributed by atoms with Crippen LogP contribution in [0.25, 0.3) is 10.9 Å². The number of nitrogens with one attached hydrogen (secondary N) is 1. The summed E-state index contributed by atoms with van der Waals surface area (Å²) in [4.78, 5) is 18.4. The highest BCUT2D eigenvalue weighted by Crippen LogP contribution is 2.39. The molecule has 2 heterocycles. The first kappa shape index (κ1) is 18.4. The van der Waals surface area contributed by atoms with Gasteiger partial charge in [-0.3, -0.25) is 4.79 Å². The average Bonchev–Trinajstić information content (AvgIpc) is 3.41. The minimum absolute atomic E-state index is 0.0925. The summed E-state index contributed by atoms with van der Waals surface area (Å²) in [5, 5.41) is 1.07. The third kappa shape index (κ3) is 3.44. The van der Waals surface area contributed by atoms with E-state index in [1.54, 1.807) is 14.2 Å². The normalized spacial score (nSPS) is 15.0. The molecular formula is C23H26N2O3. The number of carbonyl (C=O) groups is 1. The molecule has 5 heteroatoms. The van der Waals surface area contributed by atoms with Crippen molar-refractivity contribution in [2.45, 2.75) is 25.2 Å².